The average Bonchev–Trinajstić information content (AvgIpc) is 2.48. The third-order valence-electron chi connectivity index (χ3n) is 1.58. The van der Waals surface area contributed by atoms with Crippen molar-refractivity contribution >= 4 is 11.9 Å². The van der Waals surface area contributed by atoms with Gasteiger partial charge in [-0.3, -0.25) is 4.68 Å². The summed E-state index contributed by atoms with van der Waals surface area (Å²) in [5.41, 5.74) is -0.0418. The molecular weight excluding hydrogens is 188 g/mol. The maximum absolute atomic E-state index is 11.2. The van der Waals surface area contributed by atoms with E-state index in [2.05, 4.69) is 5.10 Å². The minimum atomic E-state index is -1.17. The molecule has 0 unspecified atom stereocenters. The van der Waals surface area contributed by atoms with Crippen LogP contribution in [0.2, 0.25) is 0 Å². The largest absolute Gasteiger partial charge is 0.476 e. The molecular formula is C8H10N2O4. The van der Waals surface area contributed by atoms with Crippen LogP contribution in [0.4, 0.5) is 0 Å². The molecule has 76 valence electrons. The molecule has 1 N–H and O–H groups in total. The van der Waals surface area contributed by atoms with E-state index in [0.29, 0.717) is 0 Å². The van der Waals surface area contributed by atoms with Crippen LogP contribution in [0, 0.1) is 0 Å². The van der Waals surface area contributed by atoms with E-state index in [1.54, 1.807) is 6.92 Å². The monoisotopic (exact) mass is 198 g/mol. The van der Waals surface area contributed by atoms with Gasteiger partial charge in [0.1, 0.15) is 5.69 Å². The Morgan fingerprint density at radius 3 is 2.71 bits per heavy atom. The van der Waals surface area contributed by atoms with Gasteiger partial charge < -0.3 is 9.84 Å². The van der Waals surface area contributed by atoms with Gasteiger partial charge in [0.2, 0.25) is 0 Å². The Labute approximate surface area is 80.1 Å². The first-order chi connectivity index (χ1) is 6.56. The van der Waals surface area contributed by atoms with Crippen LogP contribution in [0.5, 0.6) is 0 Å². The highest BCUT2D eigenvalue weighted by Gasteiger charge is 2.17. The average molecular weight is 198 g/mol. The lowest BCUT2D eigenvalue weighted by Crippen LogP contribution is -2.10. The molecule has 0 amide bonds. The van der Waals surface area contributed by atoms with E-state index in [-0.39, 0.29) is 18.0 Å². The zero-order valence-electron chi connectivity index (χ0n) is 7.85. The smallest absolute Gasteiger partial charge is 0.356 e. The number of carboxylic acid groups (broad SMARTS) is 1. The summed E-state index contributed by atoms with van der Waals surface area (Å²) < 4.78 is 5.89. The van der Waals surface area contributed by atoms with E-state index in [1.807, 2.05) is 0 Å². The van der Waals surface area contributed by atoms with Crippen molar-refractivity contribution in [3.05, 3.63) is 17.5 Å². The van der Waals surface area contributed by atoms with E-state index < -0.39 is 11.9 Å². The van der Waals surface area contributed by atoms with Crippen LogP contribution in [-0.2, 0) is 11.8 Å². The Morgan fingerprint density at radius 2 is 2.29 bits per heavy atom. The standard InChI is InChI=1S/C8H10N2O4/c1-3-14-8(13)6-4-5(7(11)12)9-10(6)2/h4H,3H2,1-2H3,(H,11,12). The number of nitrogens with zero attached hydrogens (tertiary/aromatic N) is 2. The summed E-state index contributed by atoms with van der Waals surface area (Å²) in [5, 5.41) is 12.2. The lowest BCUT2D eigenvalue weighted by Gasteiger charge is -1.99. The molecule has 0 bridgehead atoms. The van der Waals surface area contributed by atoms with E-state index in [4.69, 9.17) is 9.84 Å². The number of ether oxygens (including phenoxy) is 1. The molecule has 6 heteroatoms. The maximum Gasteiger partial charge on any atom is 0.356 e. The molecule has 0 aliphatic rings. The molecule has 1 aromatic heterocycles. The van der Waals surface area contributed by atoms with Crippen molar-refractivity contribution < 1.29 is 19.4 Å². The molecule has 0 spiro atoms. The van der Waals surface area contributed by atoms with Gasteiger partial charge in [0.05, 0.1) is 6.61 Å². The lowest BCUT2D eigenvalue weighted by atomic mass is 10.3. The minimum Gasteiger partial charge on any atom is -0.476 e. The summed E-state index contributed by atoms with van der Waals surface area (Å²) in [6.45, 7) is 1.92. The number of carbonyl (C=O) groups is 2. The first kappa shape index (κ1) is 10.2. The molecule has 1 rings (SSSR count). The van der Waals surface area contributed by atoms with E-state index >= 15 is 0 Å². The highest BCUT2D eigenvalue weighted by atomic mass is 16.5. The van der Waals surface area contributed by atoms with Crippen molar-refractivity contribution in [2.75, 3.05) is 6.61 Å². The van der Waals surface area contributed by atoms with Crippen LogP contribution in [0.25, 0.3) is 0 Å². The van der Waals surface area contributed by atoms with E-state index in [1.165, 1.54) is 17.8 Å². The van der Waals surface area contributed by atoms with Gasteiger partial charge >= 0.3 is 11.9 Å². The first-order valence-corrected chi connectivity index (χ1v) is 4.00. The molecule has 0 aliphatic carbocycles. The minimum absolute atomic E-state index is 0.129. The van der Waals surface area contributed by atoms with Gasteiger partial charge in [-0.1, -0.05) is 0 Å². The fourth-order valence-electron chi connectivity index (χ4n) is 0.968. The highest BCUT2D eigenvalue weighted by Crippen LogP contribution is 2.04. The van der Waals surface area contributed by atoms with Crippen LogP contribution in [0.1, 0.15) is 27.9 Å². The normalized spacial score (nSPS) is 9.86. The van der Waals surface area contributed by atoms with Crippen molar-refractivity contribution in [3.63, 3.8) is 0 Å². The molecule has 0 saturated carbocycles. The molecule has 1 heterocycles. The quantitative estimate of drug-likeness (QED) is 0.706. The van der Waals surface area contributed by atoms with Gasteiger partial charge in [0.15, 0.2) is 5.69 Å². The summed E-state index contributed by atoms with van der Waals surface area (Å²) in [6, 6.07) is 1.18. The predicted octanol–water partition coefficient (Wildman–Crippen LogP) is 0.295. The molecule has 0 atom stereocenters. The van der Waals surface area contributed by atoms with Crippen LogP contribution in [-0.4, -0.2) is 33.4 Å². The molecule has 0 aromatic carbocycles. The highest BCUT2D eigenvalue weighted by molar-refractivity contribution is 5.92. The summed E-state index contributed by atoms with van der Waals surface area (Å²) in [4.78, 5) is 21.7. The number of aromatic nitrogens is 2. The third-order valence-corrected chi connectivity index (χ3v) is 1.58. The van der Waals surface area contributed by atoms with Crippen LogP contribution in [0.3, 0.4) is 0 Å². The number of hydrogen-bond donors (Lipinski definition) is 1. The number of aryl methyl sites for hydroxylation is 1. The van der Waals surface area contributed by atoms with Crippen molar-refractivity contribution in [1.82, 2.24) is 9.78 Å². The topological polar surface area (TPSA) is 81.4 Å². The van der Waals surface area contributed by atoms with Gasteiger partial charge in [-0.05, 0) is 6.92 Å². The number of aromatic carboxylic acids is 1. The van der Waals surface area contributed by atoms with Gasteiger partial charge in [-0.25, -0.2) is 9.59 Å². The molecule has 1 aromatic rings. The summed E-state index contributed by atoms with van der Waals surface area (Å²) in [5.74, 6) is -1.74. The number of rotatable bonds is 3. The second-order valence-electron chi connectivity index (χ2n) is 2.56. The van der Waals surface area contributed by atoms with Gasteiger partial charge in [-0.15, -0.1) is 0 Å². The Hall–Kier alpha value is -1.85. The lowest BCUT2D eigenvalue weighted by molar-refractivity contribution is 0.0513. The molecule has 0 radical (unpaired) electrons. The second kappa shape index (κ2) is 3.91. The van der Waals surface area contributed by atoms with Crippen LogP contribution < -0.4 is 0 Å². The van der Waals surface area contributed by atoms with Gasteiger partial charge in [0.25, 0.3) is 0 Å². The second-order valence-corrected chi connectivity index (χ2v) is 2.56. The number of carbonyl (C=O) groups excluding carboxylic acids is 1. The molecule has 6 nitrogen and oxygen atoms in total. The van der Waals surface area contributed by atoms with Crippen LogP contribution >= 0.6 is 0 Å². The fourth-order valence-corrected chi connectivity index (χ4v) is 0.968. The van der Waals surface area contributed by atoms with Crippen molar-refractivity contribution in [2.45, 2.75) is 6.92 Å². The predicted molar refractivity (Wildman–Crippen MR) is 46.1 cm³/mol. The first-order valence-electron chi connectivity index (χ1n) is 4.00. The summed E-state index contributed by atoms with van der Waals surface area (Å²) in [6.07, 6.45) is 0. The molecule has 0 aliphatic heterocycles. The zero-order valence-corrected chi connectivity index (χ0v) is 7.85. The van der Waals surface area contributed by atoms with Crippen molar-refractivity contribution in [3.8, 4) is 0 Å². The summed E-state index contributed by atoms with van der Waals surface area (Å²) in [7, 11) is 1.48. The van der Waals surface area contributed by atoms with Crippen molar-refractivity contribution in [2.24, 2.45) is 7.05 Å². The Balaban J connectivity index is 2.98. The number of esters is 1. The Bertz CT molecular complexity index is 369. The SMILES string of the molecule is CCOC(=O)c1cc(C(=O)O)nn1C. The van der Waals surface area contributed by atoms with E-state index in [9.17, 15) is 9.59 Å². The zero-order chi connectivity index (χ0) is 10.7. The Kier molecular flexibility index (Phi) is 2.85. The van der Waals surface area contributed by atoms with Crippen molar-refractivity contribution in [1.29, 1.82) is 0 Å². The Morgan fingerprint density at radius 1 is 1.64 bits per heavy atom. The third kappa shape index (κ3) is 1.90. The fraction of sp³-hybridized carbons (Fsp3) is 0.375. The molecule has 14 heavy (non-hydrogen) atoms. The maximum atomic E-state index is 11.2. The molecule has 0 saturated heterocycles. The molecule has 0 fully saturated rings. The van der Waals surface area contributed by atoms with Gasteiger partial charge in [0, 0.05) is 13.1 Å². The number of hydrogen-bond acceptors (Lipinski definition) is 4. The number of carboxylic acids is 1. The summed E-state index contributed by atoms with van der Waals surface area (Å²) >= 11 is 0. The van der Waals surface area contributed by atoms with Crippen LogP contribution in [0.15, 0.2) is 6.07 Å². The van der Waals surface area contributed by atoms with Gasteiger partial charge in [-0.2, -0.15) is 5.10 Å². The van der Waals surface area contributed by atoms with E-state index in [0.717, 1.165) is 0 Å².